The lowest BCUT2D eigenvalue weighted by atomic mass is 10.0. The molecule has 0 aliphatic carbocycles. The van der Waals surface area contributed by atoms with Gasteiger partial charge in [0.1, 0.15) is 6.04 Å². The van der Waals surface area contributed by atoms with Gasteiger partial charge in [0.15, 0.2) is 6.54 Å². The molecular formula is C16H18IN2OS+. The van der Waals surface area contributed by atoms with E-state index in [2.05, 4.69) is 46.3 Å². The largest absolute Gasteiger partial charge is 0.321 e. The summed E-state index contributed by atoms with van der Waals surface area (Å²) in [6.45, 7) is 3.79. The zero-order valence-electron chi connectivity index (χ0n) is 11.9. The molecule has 0 saturated heterocycles. The third-order valence-corrected chi connectivity index (χ3v) is 5.70. The lowest BCUT2D eigenvalue weighted by Crippen LogP contribution is -3.14. The first-order valence-electron chi connectivity index (χ1n) is 7.10. The van der Waals surface area contributed by atoms with Crippen LogP contribution in [0.5, 0.6) is 0 Å². The van der Waals surface area contributed by atoms with E-state index >= 15 is 0 Å². The van der Waals surface area contributed by atoms with Gasteiger partial charge < -0.3 is 10.2 Å². The summed E-state index contributed by atoms with van der Waals surface area (Å²) < 4.78 is 1.13. The van der Waals surface area contributed by atoms with E-state index in [-0.39, 0.29) is 5.91 Å². The quantitative estimate of drug-likeness (QED) is 0.746. The molecule has 21 heavy (non-hydrogen) atoms. The molecular weight excluding hydrogens is 395 g/mol. The van der Waals surface area contributed by atoms with Crippen LogP contribution in [0.3, 0.4) is 0 Å². The molecule has 2 aromatic rings. The minimum atomic E-state index is 0.0949. The van der Waals surface area contributed by atoms with Gasteiger partial charge in [-0.1, -0.05) is 6.07 Å². The highest BCUT2D eigenvalue weighted by Gasteiger charge is 2.29. The summed E-state index contributed by atoms with van der Waals surface area (Å²) >= 11 is 4.09. The number of anilines is 1. The Morgan fingerprint density at radius 1 is 1.48 bits per heavy atom. The third-order valence-electron chi connectivity index (χ3n) is 4.03. The number of nitrogens with one attached hydrogen (secondary N) is 2. The lowest BCUT2D eigenvalue weighted by Gasteiger charge is -2.29. The van der Waals surface area contributed by atoms with Crippen molar-refractivity contribution in [3.8, 4) is 0 Å². The summed E-state index contributed by atoms with van der Waals surface area (Å²) in [6, 6.07) is 10.5. The van der Waals surface area contributed by atoms with E-state index < -0.39 is 0 Å². The molecule has 0 bridgehead atoms. The Morgan fingerprint density at radius 2 is 2.33 bits per heavy atom. The molecule has 1 unspecified atom stereocenters. The Morgan fingerprint density at radius 3 is 3.14 bits per heavy atom. The van der Waals surface area contributed by atoms with E-state index in [4.69, 9.17) is 0 Å². The van der Waals surface area contributed by atoms with Crippen molar-refractivity contribution in [3.63, 3.8) is 0 Å². The van der Waals surface area contributed by atoms with Gasteiger partial charge in [-0.05, 0) is 59.2 Å². The van der Waals surface area contributed by atoms with Crippen LogP contribution in [-0.2, 0) is 11.2 Å². The number of amides is 1. The molecule has 3 nitrogen and oxygen atoms in total. The van der Waals surface area contributed by atoms with Crippen LogP contribution in [0.15, 0.2) is 35.7 Å². The number of hydrogen-bond donors (Lipinski definition) is 2. The zero-order chi connectivity index (χ0) is 14.8. The highest BCUT2D eigenvalue weighted by molar-refractivity contribution is 14.1. The van der Waals surface area contributed by atoms with E-state index in [0.717, 1.165) is 22.2 Å². The molecule has 2 N–H and O–H groups in total. The fraction of sp³-hybridized carbons (Fsp3) is 0.312. The Hall–Kier alpha value is -0.920. The third kappa shape index (κ3) is 3.46. The van der Waals surface area contributed by atoms with Crippen molar-refractivity contribution in [1.29, 1.82) is 0 Å². The molecule has 0 fully saturated rings. The molecule has 110 valence electrons. The monoisotopic (exact) mass is 413 g/mol. The average Bonchev–Trinajstić information content (AvgIpc) is 2.91. The lowest BCUT2D eigenvalue weighted by molar-refractivity contribution is -0.923. The number of carbonyl (C=O) groups excluding carboxylic acids is 1. The van der Waals surface area contributed by atoms with Gasteiger partial charge in [0, 0.05) is 26.1 Å². The predicted octanol–water partition coefficient (Wildman–Crippen LogP) is 2.49. The van der Waals surface area contributed by atoms with Crippen LogP contribution < -0.4 is 10.2 Å². The molecule has 0 radical (unpaired) electrons. The van der Waals surface area contributed by atoms with E-state index in [1.54, 1.807) is 0 Å². The van der Waals surface area contributed by atoms with Gasteiger partial charge in [0.2, 0.25) is 0 Å². The van der Waals surface area contributed by atoms with Gasteiger partial charge in [-0.3, -0.25) is 4.79 Å². The second-order valence-corrected chi connectivity index (χ2v) is 7.66. The summed E-state index contributed by atoms with van der Waals surface area (Å²) in [5, 5.41) is 5.17. The maximum Gasteiger partial charge on any atom is 0.279 e. The maximum absolute atomic E-state index is 12.3. The number of halogens is 1. The van der Waals surface area contributed by atoms with Crippen LogP contribution in [-0.4, -0.2) is 19.0 Å². The molecule has 1 aliphatic heterocycles. The van der Waals surface area contributed by atoms with Gasteiger partial charge in [-0.25, -0.2) is 0 Å². The summed E-state index contributed by atoms with van der Waals surface area (Å²) in [6.07, 6.45) is 1.09. The molecule has 2 heterocycles. The fourth-order valence-electron chi connectivity index (χ4n) is 2.87. The topological polar surface area (TPSA) is 33.5 Å². The molecule has 3 rings (SSSR count). The first kappa shape index (κ1) is 15.0. The van der Waals surface area contributed by atoms with Crippen molar-refractivity contribution in [3.05, 3.63) is 49.7 Å². The maximum atomic E-state index is 12.3. The smallest absolute Gasteiger partial charge is 0.279 e. The molecule has 5 heteroatoms. The van der Waals surface area contributed by atoms with Crippen molar-refractivity contribution in [2.75, 3.05) is 18.4 Å². The molecule has 1 aromatic carbocycles. The molecule has 1 aromatic heterocycles. The second-order valence-electron chi connectivity index (χ2n) is 5.41. The van der Waals surface area contributed by atoms with E-state index in [0.29, 0.717) is 12.6 Å². The van der Waals surface area contributed by atoms with Crippen LogP contribution >= 0.6 is 33.9 Å². The number of fused-ring (bicyclic) bond motifs is 1. The Kier molecular flexibility index (Phi) is 4.61. The van der Waals surface area contributed by atoms with Crippen LogP contribution in [0.4, 0.5) is 5.69 Å². The number of rotatable bonds is 3. The molecule has 0 saturated carbocycles. The van der Waals surface area contributed by atoms with Crippen molar-refractivity contribution >= 4 is 45.5 Å². The van der Waals surface area contributed by atoms with Crippen molar-refractivity contribution in [1.82, 2.24) is 0 Å². The SMILES string of the molecule is C[C@H]1c2ccsc2CC[NH+]1CC(=O)Nc1cccc(I)c1. The van der Waals surface area contributed by atoms with Gasteiger partial charge in [0.05, 0.1) is 6.54 Å². The first-order valence-corrected chi connectivity index (χ1v) is 9.05. The molecule has 1 amide bonds. The Bertz CT molecular complexity index is 655. The summed E-state index contributed by atoms with van der Waals surface area (Å²) in [7, 11) is 0. The normalized spacial score (nSPS) is 20.9. The van der Waals surface area contributed by atoms with Gasteiger partial charge >= 0.3 is 0 Å². The first-order chi connectivity index (χ1) is 10.1. The molecule has 0 spiro atoms. The van der Waals surface area contributed by atoms with E-state index in [1.807, 2.05) is 35.6 Å². The highest BCUT2D eigenvalue weighted by Crippen LogP contribution is 2.24. The minimum absolute atomic E-state index is 0.0949. The predicted molar refractivity (Wildman–Crippen MR) is 94.9 cm³/mol. The van der Waals surface area contributed by atoms with Crippen LogP contribution in [0.1, 0.15) is 23.4 Å². The summed E-state index contributed by atoms with van der Waals surface area (Å²) in [4.78, 5) is 15.1. The standard InChI is InChI=1S/C16H17IN2OS/c1-11-14-6-8-21-15(14)5-7-19(11)10-16(20)18-13-4-2-3-12(17)9-13/h2-4,6,8-9,11H,5,7,10H2,1H3,(H,18,20)/p+1/t11-/m0/s1. The van der Waals surface area contributed by atoms with Gasteiger partial charge in [0.25, 0.3) is 5.91 Å². The van der Waals surface area contributed by atoms with Crippen LogP contribution in [0.25, 0.3) is 0 Å². The second kappa shape index (κ2) is 6.46. The van der Waals surface area contributed by atoms with Crippen molar-refractivity contribution in [2.45, 2.75) is 19.4 Å². The van der Waals surface area contributed by atoms with E-state index in [9.17, 15) is 4.79 Å². The average molecular weight is 413 g/mol. The zero-order valence-corrected chi connectivity index (χ0v) is 14.8. The number of benzene rings is 1. The highest BCUT2D eigenvalue weighted by atomic mass is 127. The minimum Gasteiger partial charge on any atom is -0.321 e. The number of hydrogen-bond acceptors (Lipinski definition) is 2. The van der Waals surface area contributed by atoms with Gasteiger partial charge in [-0.15, -0.1) is 11.3 Å². The fourth-order valence-corrected chi connectivity index (χ4v) is 4.39. The number of carbonyl (C=O) groups is 1. The van der Waals surface area contributed by atoms with Crippen LogP contribution in [0, 0.1) is 3.57 Å². The van der Waals surface area contributed by atoms with E-state index in [1.165, 1.54) is 15.3 Å². The number of thiophene rings is 1. The van der Waals surface area contributed by atoms with Crippen molar-refractivity contribution < 1.29 is 9.69 Å². The van der Waals surface area contributed by atoms with Gasteiger partial charge in [-0.2, -0.15) is 0 Å². The summed E-state index contributed by atoms with van der Waals surface area (Å²) in [5.41, 5.74) is 2.30. The van der Waals surface area contributed by atoms with Crippen molar-refractivity contribution in [2.24, 2.45) is 0 Å². The molecule has 1 aliphatic rings. The Balaban J connectivity index is 1.63. The summed E-state index contributed by atoms with van der Waals surface area (Å²) in [5.74, 6) is 0.0949. The van der Waals surface area contributed by atoms with Crippen LogP contribution in [0.2, 0.25) is 0 Å². The molecule has 2 atom stereocenters. The number of quaternary nitrogens is 1. The Labute approximate surface area is 142 Å².